The summed E-state index contributed by atoms with van der Waals surface area (Å²) < 4.78 is 0. The van der Waals surface area contributed by atoms with E-state index >= 15 is 0 Å². The molecule has 0 unspecified atom stereocenters. The van der Waals surface area contributed by atoms with Gasteiger partial charge in [0, 0.05) is 80.0 Å². The van der Waals surface area contributed by atoms with Crippen LogP contribution in [0.1, 0.15) is 0 Å². The van der Waals surface area contributed by atoms with Crippen LogP contribution in [0.2, 0.25) is 0 Å². The van der Waals surface area contributed by atoms with Crippen molar-refractivity contribution in [1.29, 1.82) is 0 Å². The molecule has 4 heavy (non-hydrogen) atoms. The van der Waals surface area contributed by atoms with Crippen LogP contribution in [0, 0.1) is 0 Å². The normalized spacial score (nSPS) is 0. The molecule has 0 aromatic rings. The van der Waals surface area contributed by atoms with Gasteiger partial charge in [0.25, 0.3) is 0 Å². The maximum absolute atomic E-state index is 0. The van der Waals surface area contributed by atoms with Gasteiger partial charge in [0.2, 0.25) is 0 Å². The van der Waals surface area contributed by atoms with Crippen molar-refractivity contribution in [2.75, 3.05) is 0 Å². The summed E-state index contributed by atoms with van der Waals surface area (Å²) in [6.45, 7) is 0. The summed E-state index contributed by atoms with van der Waals surface area (Å²) in [4.78, 5) is 0. The fraction of sp³-hybridized carbons (Fsp3) is 0. The largest absolute Gasteiger partial charge is 0 e. The van der Waals surface area contributed by atoms with Crippen molar-refractivity contribution >= 4 is 0 Å². The van der Waals surface area contributed by atoms with Gasteiger partial charge < -0.3 is 0 Å². The Balaban J connectivity index is 0. The Morgan fingerprint density at radius 2 is 1.00 bits per heavy atom. The van der Waals surface area contributed by atoms with Crippen LogP contribution in [0.4, 0.5) is 0 Å². The molecule has 0 nitrogen and oxygen atoms in total. The fourth-order valence-electron chi connectivity index (χ4n) is 0. The van der Waals surface area contributed by atoms with Gasteiger partial charge in [-0.3, -0.25) is 0 Å². The van der Waals surface area contributed by atoms with E-state index in [9.17, 15) is 0 Å². The van der Waals surface area contributed by atoms with Gasteiger partial charge in [-0.2, -0.15) is 0 Å². The third-order valence-corrected chi connectivity index (χ3v) is 0. The minimum absolute atomic E-state index is 0. The first-order chi connectivity index (χ1) is 0. The van der Waals surface area contributed by atoms with Gasteiger partial charge in [0.05, 0.1) is 0 Å². The van der Waals surface area contributed by atoms with Crippen LogP contribution in [0.3, 0.4) is 0 Å². The first-order valence-corrected chi connectivity index (χ1v) is 0. The van der Waals surface area contributed by atoms with Gasteiger partial charge in [-0.25, -0.2) is 0 Å². The van der Waals surface area contributed by atoms with E-state index in [1.54, 1.807) is 0 Å². The van der Waals surface area contributed by atoms with Crippen LogP contribution in [0.5, 0.6) is 0 Å². The predicted molar refractivity (Wildman–Crippen MR) is 0 cm³/mol. The molecule has 0 atom stereocenters. The van der Waals surface area contributed by atoms with Gasteiger partial charge in [-0.1, -0.05) is 0 Å². The Morgan fingerprint density at radius 3 is 1.00 bits per heavy atom. The second-order valence-electron chi connectivity index (χ2n) is 0. The SMILES string of the molecule is [Cr].[Nb].[Ti].[V]. The van der Waals surface area contributed by atoms with Gasteiger partial charge >= 0.3 is 0 Å². The third kappa shape index (κ3) is 8.82. The van der Waals surface area contributed by atoms with E-state index < -0.39 is 0 Å². The predicted octanol–water partition coefficient (Wildman–Crippen LogP) is -0.0100. The summed E-state index contributed by atoms with van der Waals surface area (Å²) in [5, 5.41) is 0. The molecule has 2 radical (unpaired) electrons. The molecule has 0 spiro atoms. The summed E-state index contributed by atoms with van der Waals surface area (Å²) in [6.07, 6.45) is 0. The second-order valence-corrected chi connectivity index (χ2v) is 0. The van der Waals surface area contributed by atoms with Crippen molar-refractivity contribution in [1.82, 2.24) is 0 Å². The smallest absolute Gasteiger partial charge is 0 e. The monoisotopic (exact) mass is 244 g/mol. The van der Waals surface area contributed by atoms with Gasteiger partial charge in [0.1, 0.15) is 0 Å². The Bertz CT molecular complexity index is 8.00. The average Bonchev–Trinajstić information content (AvgIpc) is 0. The van der Waals surface area contributed by atoms with E-state index in [0.717, 1.165) is 0 Å². The maximum Gasteiger partial charge on any atom is 0 e. The summed E-state index contributed by atoms with van der Waals surface area (Å²) in [5.74, 6) is 0. The van der Waals surface area contributed by atoms with Crippen LogP contribution in [-0.4, -0.2) is 0 Å². The summed E-state index contributed by atoms with van der Waals surface area (Å²) in [6, 6.07) is 0. The summed E-state index contributed by atoms with van der Waals surface area (Å²) >= 11 is 0. The minimum Gasteiger partial charge on any atom is 0 e. The van der Waals surface area contributed by atoms with Crippen molar-refractivity contribution in [2.24, 2.45) is 0 Å². The molecule has 0 aliphatic carbocycles. The molecule has 0 aliphatic rings. The Morgan fingerprint density at radius 1 is 1.00 bits per heavy atom. The quantitative estimate of drug-likeness (QED) is 0.525. The van der Waals surface area contributed by atoms with E-state index in [1.165, 1.54) is 0 Å². The molecule has 0 saturated heterocycles. The summed E-state index contributed by atoms with van der Waals surface area (Å²) in [7, 11) is 0. The molecule has 0 saturated carbocycles. The molecule has 0 rings (SSSR count). The second kappa shape index (κ2) is 17.6. The Hall–Kier alpha value is 2.57. The zero-order valence-corrected chi connectivity index (χ0v) is 8.23. The molecule has 20 valence electrons. The molecule has 0 aromatic carbocycles. The molecule has 0 fully saturated rings. The molecular weight excluding hydrogens is 244 g/mol. The van der Waals surface area contributed by atoms with Gasteiger partial charge in [-0.05, 0) is 0 Å². The number of hydrogen-bond donors (Lipinski definition) is 0. The first-order valence-electron chi connectivity index (χ1n) is 0. The molecule has 0 heterocycles. The fourth-order valence-corrected chi connectivity index (χ4v) is 0. The number of hydrogen-bond acceptors (Lipinski definition) is 0. The topological polar surface area (TPSA) is 0 Å². The molecular formula is CrNbTiV. The van der Waals surface area contributed by atoms with Crippen molar-refractivity contribution in [3.8, 4) is 0 Å². The standard InChI is InChI=1S/Cr.Nb.Ti.V. The van der Waals surface area contributed by atoms with Crippen molar-refractivity contribution in [3.05, 3.63) is 0 Å². The van der Waals surface area contributed by atoms with Crippen molar-refractivity contribution in [3.63, 3.8) is 0 Å². The van der Waals surface area contributed by atoms with E-state index in [-0.39, 0.29) is 80.0 Å². The van der Waals surface area contributed by atoms with Crippen LogP contribution < -0.4 is 0 Å². The molecule has 4 heteroatoms. The maximum atomic E-state index is 0. The molecule has 0 aliphatic heterocycles. The zero-order chi connectivity index (χ0) is 0. The van der Waals surface area contributed by atoms with Gasteiger partial charge in [-0.15, -0.1) is 0 Å². The first kappa shape index (κ1) is 30.8. The zero-order valence-electron chi connectivity index (χ0n) is 1.80. The third-order valence-electron chi connectivity index (χ3n) is 0. The molecule has 0 bridgehead atoms. The van der Waals surface area contributed by atoms with E-state index in [2.05, 4.69) is 0 Å². The van der Waals surface area contributed by atoms with Gasteiger partial charge in [0.15, 0.2) is 0 Å². The van der Waals surface area contributed by atoms with E-state index in [0.29, 0.717) is 0 Å². The van der Waals surface area contributed by atoms with Crippen LogP contribution >= 0.6 is 0 Å². The van der Waals surface area contributed by atoms with Crippen LogP contribution in [0.15, 0.2) is 0 Å². The molecule has 0 amide bonds. The Kier molecular flexibility index (Phi) is 136. The Labute approximate surface area is 78.9 Å². The van der Waals surface area contributed by atoms with Crippen molar-refractivity contribution in [2.45, 2.75) is 0 Å². The van der Waals surface area contributed by atoms with E-state index in [4.69, 9.17) is 0 Å². The van der Waals surface area contributed by atoms with E-state index in [1.807, 2.05) is 0 Å². The van der Waals surface area contributed by atoms with Crippen molar-refractivity contribution < 1.29 is 80.0 Å². The number of rotatable bonds is 0. The molecule has 0 N–H and O–H groups in total. The average molecular weight is 244 g/mol. The summed E-state index contributed by atoms with van der Waals surface area (Å²) in [5.41, 5.74) is 0. The minimum atomic E-state index is 0. The molecule has 0 aromatic heterocycles. The van der Waals surface area contributed by atoms with Crippen LogP contribution in [0.25, 0.3) is 0 Å². The van der Waals surface area contributed by atoms with Crippen LogP contribution in [-0.2, 0) is 80.0 Å².